The molecule has 0 radical (unpaired) electrons. The molecule has 3 unspecified atom stereocenters. The number of carbonyl (C=O) groups excluding carboxylic acids is 1. The van der Waals surface area contributed by atoms with Crippen LogP contribution in [0.2, 0.25) is 0 Å². The largest absolute Gasteiger partial charge is 0.322 e. The highest BCUT2D eigenvalue weighted by Gasteiger charge is 2.40. The molecule has 2 aliphatic rings. The second-order valence-electron chi connectivity index (χ2n) is 6.83. The van der Waals surface area contributed by atoms with Gasteiger partial charge in [-0.15, -0.1) is 0 Å². The molecule has 2 bridgehead atoms. The quantitative estimate of drug-likeness (QED) is 0.756. The van der Waals surface area contributed by atoms with Gasteiger partial charge in [-0.1, -0.05) is 24.6 Å². The van der Waals surface area contributed by atoms with Gasteiger partial charge >= 0.3 is 0 Å². The van der Waals surface area contributed by atoms with Crippen molar-refractivity contribution in [1.29, 1.82) is 0 Å². The van der Waals surface area contributed by atoms with E-state index < -0.39 is 0 Å². The van der Waals surface area contributed by atoms with Crippen molar-refractivity contribution < 1.29 is 4.79 Å². The normalized spacial score (nSPS) is 25.7. The zero-order valence-electron chi connectivity index (χ0n) is 13.1. The minimum absolute atomic E-state index is 0.0712. The second-order valence-corrected chi connectivity index (χ2v) is 7.85. The highest BCUT2D eigenvalue weighted by atomic mass is 127. The van der Waals surface area contributed by atoms with Crippen LogP contribution in [0, 0.1) is 15.5 Å². The van der Waals surface area contributed by atoms with Gasteiger partial charge in [0.25, 0.3) is 5.91 Å². The van der Waals surface area contributed by atoms with Gasteiger partial charge in [0.2, 0.25) is 0 Å². The predicted octanol–water partition coefficient (Wildman–Crippen LogP) is 4.18. The van der Waals surface area contributed by atoms with Gasteiger partial charge < -0.3 is 5.32 Å². The van der Waals surface area contributed by atoms with Gasteiger partial charge in [0.05, 0.1) is 5.56 Å². The molecule has 23 heavy (non-hydrogen) atoms. The van der Waals surface area contributed by atoms with E-state index in [-0.39, 0.29) is 5.91 Å². The van der Waals surface area contributed by atoms with Crippen LogP contribution < -0.4 is 5.32 Å². The molecule has 120 valence electrons. The van der Waals surface area contributed by atoms with Crippen molar-refractivity contribution >= 4 is 34.2 Å². The minimum atomic E-state index is -0.0712. The lowest BCUT2D eigenvalue weighted by Crippen LogP contribution is -2.16. The molecule has 5 heteroatoms. The van der Waals surface area contributed by atoms with Crippen LogP contribution in [-0.2, 0) is 7.05 Å². The number of nitrogens with one attached hydrogen (secondary N) is 1. The summed E-state index contributed by atoms with van der Waals surface area (Å²) in [5, 5.41) is 7.37. The molecule has 2 aromatic rings. The summed E-state index contributed by atoms with van der Waals surface area (Å²) in [6.07, 6.45) is 7.16. The number of fused-ring (bicyclic) bond motifs is 2. The average Bonchev–Trinajstić information content (AvgIpc) is 3.23. The van der Waals surface area contributed by atoms with Crippen LogP contribution in [-0.4, -0.2) is 15.7 Å². The summed E-state index contributed by atoms with van der Waals surface area (Å²) in [5.74, 6) is 2.24. The summed E-state index contributed by atoms with van der Waals surface area (Å²) in [4.78, 5) is 12.6. The third-order valence-electron chi connectivity index (χ3n) is 5.37. The fraction of sp³-hybridized carbons (Fsp3) is 0.444. The molecular formula is C18H20IN3O. The molecule has 4 rings (SSSR count). The van der Waals surface area contributed by atoms with Crippen molar-refractivity contribution in [2.75, 3.05) is 5.32 Å². The lowest BCUT2D eigenvalue weighted by Gasteiger charge is -2.24. The molecule has 2 aliphatic carbocycles. The maximum atomic E-state index is 12.6. The van der Waals surface area contributed by atoms with E-state index >= 15 is 0 Å². The van der Waals surface area contributed by atoms with Gasteiger partial charge in [0.15, 0.2) is 0 Å². The van der Waals surface area contributed by atoms with Crippen LogP contribution in [0.15, 0.2) is 30.5 Å². The number of halogens is 1. The Hall–Kier alpha value is -1.37. The van der Waals surface area contributed by atoms with Gasteiger partial charge in [0, 0.05) is 18.9 Å². The minimum Gasteiger partial charge on any atom is -0.322 e. The molecule has 0 aliphatic heterocycles. The fourth-order valence-electron chi connectivity index (χ4n) is 4.36. The number of benzene rings is 1. The number of anilines is 1. The number of para-hydroxylation sites is 1. The number of hydrogen-bond acceptors (Lipinski definition) is 2. The van der Waals surface area contributed by atoms with E-state index in [0.29, 0.717) is 11.5 Å². The van der Waals surface area contributed by atoms with E-state index in [2.05, 4.69) is 45.1 Å². The summed E-state index contributed by atoms with van der Waals surface area (Å²) in [6, 6.07) is 8.31. The molecule has 0 spiro atoms. The monoisotopic (exact) mass is 421 g/mol. The van der Waals surface area contributed by atoms with E-state index in [4.69, 9.17) is 0 Å². The van der Waals surface area contributed by atoms with Gasteiger partial charge in [-0.3, -0.25) is 9.48 Å². The fourth-order valence-corrected chi connectivity index (χ4v) is 5.09. The van der Waals surface area contributed by atoms with Crippen LogP contribution in [0.5, 0.6) is 0 Å². The summed E-state index contributed by atoms with van der Waals surface area (Å²) < 4.78 is 2.42. The Kier molecular flexibility index (Phi) is 3.91. The first-order valence-electron chi connectivity index (χ1n) is 8.21. The van der Waals surface area contributed by atoms with Crippen LogP contribution in [0.4, 0.5) is 5.69 Å². The van der Waals surface area contributed by atoms with Crippen molar-refractivity contribution in [1.82, 2.24) is 9.78 Å². The third-order valence-corrected chi connectivity index (χ3v) is 6.17. The van der Waals surface area contributed by atoms with Crippen molar-refractivity contribution in [3.05, 3.63) is 45.3 Å². The van der Waals surface area contributed by atoms with Crippen molar-refractivity contribution in [2.45, 2.75) is 31.6 Å². The summed E-state index contributed by atoms with van der Waals surface area (Å²) in [6.45, 7) is 0. The first kappa shape index (κ1) is 15.2. The van der Waals surface area contributed by atoms with Crippen LogP contribution in [0.25, 0.3) is 0 Å². The molecule has 3 atom stereocenters. The first-order valence-corrected chi connectivity index (χ1v) is 9.29. The van der Waals surface area contributed by atoms with Crippen molar-refractivity contribution in [3.63, 3.8) is 0 Å². The van der Waals surface area contributed by atoms with E-state index in [1.54, 1.807) is 10.9 Å². The Morgan fingerprint density at radius 3 is 2.78 bits per heavy atom. The number of nitrogens with zero attached hydrogens (tertiary/aromatic N) is 2. The van der Waals surface area contributed by atoms with Gasteiger partial charge in [-0.05, 0) is 71.2 Å². The zero-order valence-corrected chi connectivity index (χ0v) is 15.3. The maximum Gasteiger partial charge on any atom is 0.259 e. The van der Waals surface area contributed by atoms with Crippen molar-refractivity contribution in [3.8, 4) is 0 Å². The number of carbonyl (C=O) groups is 1. The molecule has 1 aromatic carbocycles. The number of hydrogen-bond donors (Lipinski definition) is 1. The third kappa shape index (κ3) is 2.79. The number of aromatic nitrogens is 2. The lowest BCUT2D eigenvalue weighted by atomic mass is 9.82. The van der Waals surface area contributed by atoms with E-state index in [1.807, 2.05) is 19.2 Å². The Balaban J connectivity index is 1.60. The molecule has 4 nitrogen and oxygen atoms in total. The standard InChI is InChI=1S/C18H20IN3O/c1-22-10-15(17(19)21-22)18(23)20-16-5-3-2-4-13(16)14-9-11-6-7-12(14)8-11/h2-5,10-12,14H,6-9H2,1H3,(H,20,23). The Morgan fingerprint density at radius 2 is 2.13 bits per heavy atom. The number of rotatable bonds is 3. The Morgan fingerprint density at radius 1 is 1.30 bits per heavy atom. The predicted molar refractivity (Wildman–Crippen MR) is 98.5 cm³/mol. The Bertz CT molecular complexity index is 754. The van der Waals surface area contributed by atoms with Gasteiger partial charge in [-0.2, -0.15) is 5.10 Å². The van der Waals surface area contributed by atoms with Gasteiger partial charge in [-0.25, -0.2) is 0 Å². The zero-order chi connectivity index (χ0) is 16.0. The SMILES string of the molecule is Cn1cc(C(=O)Nc2ccccc2C2CC3CCC2C3)c(I)n1. The smallest absolute Gasteiger partial charge is 0.259 e. The highest BCUT2D eigenvalue weighted by Crippen LogP contribution is 2.54. The van der Waals surface area contributed by atoms with Gasteiger partial charge in [0.1, 0.15) is 3.70 Å². The molecule has 1 N–H and O–H groups in total. The number of amides is 1. The van der Waals surface area contributed by atoms with E-state index in [9.17, 15) is 4.79 Å². The summed E-state index contributed by atoms with van der Waals surface area (Å²) >= 11 is 2.11. The summed E-state index contributed by atoms with van der Waals surface area (Å²) in [5.41, 5.74) is 2.91. The maximum absolute atomic E-state index is 12.6. The molecule has 1 aromatic heterocycles. The van der Waals surface area contributed by atoms with E-state index in [0.717, 1.165) is 21.2 Å². The van der Waals surface area contributed by atoms with Crippen molar-refractivity contribution in [2.24, 2.45) is 18.9 Å². The molecule has 0 saturated heterocycles. The summed E-state index contributed by atoms with van der Waals surface area (Å²) in [7, 11) is 1.84. The highest BCUT2D eigenvalue weighted by molar-refractivity contribution is 14.1. The topological polar surface area (TPSA) is 46.9 Å². The molecule has 1 amide bonds. The van der Waals surface area contributed by atoms with E-state index in [1.165, 1.54) is 31.2 Å². The van der Waals surface area contributed by atoms with Crippen LogP contribution in [0.3, 0.4) is 0 Å². The molecule has 2 fully saturated rings. The lowest BCUT2D eigenvalue weighted by molar-refractivity contribution is 0.102. The Labute approximate surface area is 149 Å². The van der Waals surface area contributed by atoms with Crippen LogP contribution >= 0.6 is 22.6 Å². The molecule has 1 heterocycles. The average molecular weight is 421 g/mol. The molecular weight excluding hydrogens is 401 g/mol. The van der Waals surface area contributed by atoms with Crippen LogP contribution in [0.1, 0.15) is 47.5 Å². The first-order chi connectivity index (χ1) is 11.1. The number of aryl methyl sites for hydroxylation is 1. The second kappa shape index (κ2) is 5.92. The molecule has 2 saturated carbocycles.